The monoisotopic (exact) mass is 260 g/mol. The fourth-order valence-electron chi connectivity index (χ4n) is 1.21. The topological polar surface area (TPSA) is 96.0 Å². The maximum Gasteiger partial charge on any atom is 0.303 e. The van der Waals surface area contributed by atoms with E-state index in [0.29, 0.717) is 6.29 Å². The van der Waals surface area contributed by atoms with E-state index >= 15 is 0 Å². The zero-order chi connectivity index (χ0) is 14.1. The van der Waals surface area contributed by atoms with Crippen molar-refractivity contribution in [3.63, 3.8) is 0 Å². The van der Waals surface area contributed by atoms with Crippen LogP contribution in [0.2, 0.25) is 0 Å². The van der Waals surface area contributed by atoms with Crippen LogP contribution in [-0.2, 0) is 33.4 Å². The highest BCUT2D eigenvalue weighted by Gasteiger charge is 2.28. The van der Waals surface area contributed by atoms with Gasteiger partial charge in [-0.3, -0.25) is 14.4 Å². The highest BCUT2D eigenvalue weighted by molar-refractivity contribution is 5.68. The van der Waals surface area contributed by atoms with Gasteiger partial charge in [0.25, 0.3) is 0 Å². The molecule has 0 bridgehead atoms. The molecule has 102 valence electrons. The highest BCUT2D eigenvalue weighted by atomic mass is 16.6. The fraction of sp³-hybridized carbons (Fsp3) is 0.636. The van der Waals surface area contributed by atoms with E-state index in [0.717, 1.165) is 13.8 Å². The van der Waals surface area contributed by atoms with E-state index in [-0.39, 0.29) is 13.0 Å². The molecule has 0 aromatic heterocycles. The van der Waals surface area contributed by atoms with Crippen LogP contribution in [0.3, 0.4) is 0 Å². The average molecular weight is 260 g/mol. The number of hydrogen-bond acceptors (Lipinski definition) is 7. The minimum Gasteiger partial charge on any atom is -0.462 e. The molecular weight excluding hydrogens is 244 g/mol. The molecule has 0 aromatic rings. The van der Waals surface area contributed by atoms with Crippen LogP contribution in [0.25, 0.3) is 0 Å². The summed E-state index contributed by atoms with van der Waals surface area (Å²) >= 11 is 0. The summed E-state index contributed by atoms with van der Waals surface area (Å²) in [5, 5.41) is 0. The normalized spacial score (nSPS) is 13.1. The van der Waals surface area contributed by atoms with E-state index in [9.17, 15) is 19.2 Å². The maximum atomic E-state index is 10.9. The molecule has 0 fully saturated rings. The van der Waals surface area contributed by atoms with Gasteiger partial charge in [0.05, 0.1) is 0 Å². The summed E-state index contributed by atoms with van der Waals surface area (Å²) in [5.74, 6) is -1.82. The van der Waals surface area contributed by atoms with Crippen molar-refractivity contribution in [2.75, 3.05) is 6.61 Å². The highest BCUT2D eigenvalue weighted by Crippen LogP contribution is 2.10. The van der Waals surface area contributed by atoms with Crippen LogP contribution in [0.15, 0.2) is 0 Å². The Labute approximate surface area is 104 Å². The number of aldehydes is 1. The Morgan fingerprint density at radius 3 is 1.83 bits per heavy atom. The standard InChI is InChI=1S/C11H16O7/c1-7(13)16-6-11(18-9(3)15)10(4-5-12)17-8(2)14/h5,10-11H,4,6H2,1-3H3/t10-,11+/m0/s1. The smallest absolute Gasteiger partial charge is 0.303 e. The van der Waals surface area contributed by atoms with Crippen LogP contribution >= 0.6 is 0 Å². The van der Waals surface area contributed by atoms with Crippen LogP contribution in [0.1, 0.15) is 27.2 Å². The Morgan fingerprint density at radius 2 is 1.44 bits per heavy atom. The molecule has 0 spiro atoms. The van der Waals surface area contributed by atoms with Crippen LogP contribution in [-0.4, -0.2) is 43.0 Å². The minimum atomic E-state index is -1.000. The molecule has 7 nitrogen and oxygen atoms in total. The largest absolute Gasteiger partial charge is 0.462 e. The van der Waals surface area contributed by atoms with Gasteiger partial charge in [-0.2, -0.15) is 0 Å². The van der Waals surface area contributed by atoms with Crippen LogP contribution in [0, 0.1) is 0 Å². The Hall–Kier alpha value is -1.92. The molecule has 18 heavy (non-hydrogen) atoms. The Bertz CT molecular complexity index is 323. The van der Waals surface area contributed by atoms with Crippen molar-refractivity contribution in [1.29, 1.82) is 0 Å². The lowest BCUT2D eigenvalue weighted by atomic mass is 10.1. The Morgan fingerprint density at radius 1 is 0.944 bits per heavy atom. The molecule has 0 aliphatic heterocycles. The fourth-order valence-corrected chi connectivity index (χ4v) is 1.21. The summed E-state index contributed by atoms with van der Waals surface area (Å²) in [6.07, 6.45) is -1.60. The predicted molar refractivity (Wildman–Crippen MR) is 58.4 cm³/mol. The van der Waals surface area contributed by atoms with Gasteiger partial charge in [-0.15, -0.1) is 0 Å². The molecule has 0 radical (unpaired) electrons. The van der Waals surface area contributed by atoms with Crippen molar-refractivity contribution in [2.45, 2.75) is 39.4 Å². The summed E-state index contributed by atoms with van der Waals surface area (Å²) in [7, 11) is 0. The van der Waals surface area contributed by atoms with Crippen molar-refractivity contribution in [3.8, 4) is 0 Å². The number of hydrogen-bond donors (Lipinski definition) is 0. The molecule has 0 rings (SSSR count). The summed E-state index contributed by atoms with van der Waals surface area (Å²) in [6, 6.07) is 0. The van der Waals surface area contributed by atoms with Gasteiger partial charge in [-0.25, -0.2) is 0 Å². The van der Waals surface area contributed by atoms with Crippen LogP contribution in [0.4, 0.5) is 0 Å². The van der Waals surface area contributed by atoms with Gasteiger partial charge < -0.3 is 19.0 Å². The molecule has 7 heteroatoms. The molecule has 0 aromatic carbocycles. The van der Waals surface area contributed by atoms with Gasteiger partial charge in [-0.05, 0) is 0 Å². The second-order valence-corrected chi connectivity index (χ2v) is 3.50. The number of carbonyl (C=O) groups is 4. The van der Waals surface area contributed by atoms with Gasteiger partial charge in [0.1, 0.15) is 19.0 Å². The van der Waals surface area contributed by atoms with Crippen LogP contribution in [0.5, 0.6) is 0 Å². The molecule has 0 unspecified atom stereocenters. The lowest BCUT2D eigenvalue weighted by Gasteiger charge is -2.24. The van der Waals surface area contributed by atoms with Gasteiger partial charge in [0, 0.05) is 27.2 Å². The molecule has 0 aliphatic rings. The number of esters is 3. The zero-order valence-electron chi connectivity index (χ0n) is 10.5. The number of rotatable bonds is 7. The molecule has 0 N–H and O–H groups in total. The molecule has 0 saturated heterocycles. The molecule has 0 amide bonds. The van der Waals surface area contributed by atoms with E-state index in [4.69, 9.17) is 14.2 Å². The van der Waals surface area contributed by atoms with Crippen molar-refractivity contribution in [1.82, 2.24) is 0 Å². The zero-order valence-corrected chi connectivity index (χ0v) is 10.5. The second-order valence-electron chi connectivity index (χ2n) is 3.50. The van der Waals surface area contributed by atoms with E-state index in [1.54, 1.807) is 0 Å². The number of carbonyl (C=O) groups excluding carboxylic acids is 4. The first-order chi connectivity index (χ1) is 8.36. The van der Waals surface area contributed by atoms with Crippen molar-refractivity contribution < 1.29 is 33.4 Å². The predicted octanol–water partition coefficient (Wildman–Crippen LogP) is 0.00190. The van der Waals surface area contributed by atoms with Gasteiger partial charge in [0.2, 0.25) is 0 Å². The van der Waals surface area contributed by atoms with Crippen molar-refractivity contribution in [2.24, 2.45) is 0 Å². The lowest BCUT2D eigenvalue weighted by molar-refractivity contribution is -0.173. The third kappa shape index (κ3) is 7.37. The molecule has 2 atom stereocenters. The summed E-state index contributed by atoms with van der Waals surface area (Å²) in [5.41, 5.74) is 0. The van der Waals surface area contributed by atoms with Gasteiger partial charge in [0.15, 0.2) is 6.10 Å². The molecule has 0 saturated carbocycles. The first-order valence-corrected chi connectivity index (χ1v) is 5.28. The maximum absolute atomic E-state index is 10.9. The second kappa shape index (κ2) is 8.21. The van der Waals surface area contributed by atoms with Crippen molar-refractivity contribution in [3.05, 3.63) is 0 Å². The molecular formula is C11H16O7. The minimum absolute atomic E-state index is 0.154. The first kappa shape index (κ1) is 16.1. The summed E-state index contributed by atoms with van der Waals surface area (Å²) in [4.78, 5) is 43.0. The van der Waals surface area contributed by atoms with Gasteiger partial charge >= 0.3 is 17.9 Å². The molecule has 0 heterocycles. The van der Waals surface area contributed by atoms with Gasteiger partial charge in [-0.1, -0.05) is 0 Å². The first-order valence-electron chi connectivity index (χ1n) is 5.28. The third-order valence-corrected chi connectivity index (χ3v) is 1.83. The summed E-state index contributed by atoms with van der Waals surface area (Å²) < 4.78 is 14.4. The van der Waals surface area contributed by atoms with E-state index in [1.807, 2.05) is 0 Å². The van der Waals surface area contributed by atoms with Crippen LogP contribution < -0.4 is 0 Å². The Balaban J connectivity index is 4.71. The summed E-state index contributed by atoms with van der Waals surface area (Å²) in [6.45, 7) is 3.23. The van der Waals surface area contributed by atoms with E-state index < -0.39 is 30.1 Å². The lowest BCUT2D eigenvalue weighted by Crippen LogP contribution is -2.38. The Kier molecular flexibility index (Phi) is 7.34. The quantitative estimate of drug-likeness (QED) is 0.361. The number of ether oxygens (including phenoxy) is 3. The van der Waals surface area contributed by atoms with Crippen molar-refractivity contribution >= 4 is 24.2 Å². The average Bonchev–Trinajstić information content (AvgIpc) is 2.22. The molecule has 0 aliphatic carbocycles. The van der Waals surface area contributed by atoms with E-state index in [1.165, 1.54) is 6.92 Å². The third-order valence-electron chi connectivity index (χ3n) is 1.83. The van der Waals surface area contributed by atoms with E-state index in [2.05, 4.69) is 0 Å². The SMILES string of the molecule is CC(=O)OC[C@@H](OC(C)=O)[C@H](CC=O)OC(C)=O.